The van der Waals surface area contributed by atoms with Crippen LogP contribution < -0.4 is 10.1 Å². The van der Waals surface area contributed by atoms with Gasteiger partial charge in [-0.15, -0.1) is 0 Å². The van der Waals surface area contributed by atoms with E-state index in [-0.39, 0.29) is 5.70 Å². The van der Waals surface area contributed by atoms with Gasteiger partial charge >= 0.3 is 11.9 Å². The number of nitrogens with one attached hydrogen (secondary N) is 1. The zero-order valence-corrected chi connectivity index (χ0v) is 15.4. The van der Waals surface area contributed by atoms with Crippen LogP contribution in [0.1, 0.15) is 0 Å². The number of rotatable bonds is 6. The van der Waals surface area contributed by atoms with Crippen molar-refractivity contribution >= 4 is 40.8 Å². The molecule has 0 bridgehead atoms. The minimum atomic E-state index is -0.741. The van der Waals surface area contributed by atoms with Crippen molar-refractivity contribution in [2.75, 3.05) is 19.5 Å². The summed E-state index contributed by atoms with van der Waals surface area (Å²) in [5.74, 6) is -0.704. The fraction of sp³-hybridized carbons (Fsp3) is 0.111. The smallest absolute Gasteiger partial charge is 0.354 e. The highest BCUT2D eigenvalue weighted by Gasteiger charge is 2.15. The first-order chi connectivity index (χ1) is 12.4. The van der Waals surface area contributed by atoms with Crippen LogP contribution in [0, 0.1) is 0 Å². The summed E-state index contributed by atoms with van der Waals surface area (Å²) in [6, 6.07) is 11.6. The summed E-state index contributed by atoms with van der Waals surface area (Å²) < 4.78 is 15.0. The molecule has 136 valence electrons. The normalized spacial score (nSPS) is 10.8. The summed E-state index contributed by atoms with van der Waals surface area (Å²) in [7, 11) is 2.40. The van der Waals surface area contributed by atoms with Crippen LogP contribution in [0.4, 0.5) is 5.69 Å². The quantitative estimate of drug-likeness (QED) is 0.575. The molecular formula is C18H15Cl2NO5. The highest BCUT2D eigenvalue weighted by atomic mass is 35.5. The van der Waals surface area contributed by atoms with E-state index in [1.807, 2.05) is 0 Å². The highest BCUT2D eigenvalue weighted by Crippen LogP contribution is 2.35. The molecule has 0 atom stereocenters. The summed E-state index contributed by atoms with van der Waals surface area (Å²) in [5.41, 5.74) is 0.302. The molecule has 2 rings (SSSR count). The number of hydrogen-bond acceptors (Lipinski definition) is 6. The number of methoxy groups -OCH3 is 2. The third-order valence-corrected chi connectivity index (χ3v) is 3.67. The summed E-state index contributed by atoms with van der Waals surface area (Å²) in [6.07, 6.45) is 0.984. The summed E-state index contributed by atoms with van der Waals surface area (Å²) in [4.78, 5) is 23.4. The molecule has 0 saturated heterocycles. The minimum Gasteiger partial charge on any atom is -0.466 e. The maximum absolute atomic E-state index is 11.9. The van der Waals surface area contributed by atoms with E-state index in [0.717, 1.165) is 6.08 Å². The van der Waals surface area contributed by atoms with Crippen molar-refractivity contribution in [3.63, 3.8) is 0 Å². The molecule has 0 radical (unpaired) electrons. The van der Waals surface area contributed by atoms with Crippen molar-refractivity contribution in [2.45, 2.75) is 0 Å². The van der Waals surface area contributed by atoms with Crippen molar-refractivity contribution in [3.8, 4) is 11.5 Å². The van der Waals surface area contributed by atoms with Crippen LogP contribution in [0.5, 0.6) is 11.5 Å². The van der Waals surface area contributed by atoms with Crippen LogP contribution >= 0.6 is 23.2 Å². The Hall–Kier alpha value is -2.70. The molecule has 0 amide bonds. The van der Waals surface area contributed by atoms with E-state index in [1.165, 1.54) is 14.2 Å². The van der Waals surface area contributed by atoms with E-state index in [9.17, 15) is 9.59 Å². The van der Waals surface area contributed by atoms with Gasteiger partial charge in [-0.2, -0.15) is 0 Å². The van der Waals surface area contributed by atoms with Gasteiger partial charge in [0.2, 0.25) is 0 Å². The first-order valence-electron chi connectivity index (χ1n) is 7.31. The van der Waals surface area contributed by atoms with Gasteiger partial charge < -0.3 is 19.5 Å². The van der Waals surface area contributed by atoms with Crippen molar-refractivity contribution in [2.24, 2.45) is 0 Å². The number of halogens is 2. The van der Waals surface area contributed by atoms with Crippen LogP contribution in [0.3, 0.4) is 0 Å². The Balaban J connectivity index is 2.34. The van der Waals surface area contributed by atoms with Gasteiger partial charge in [0, 0.05) is 5.02 Å². The maximum Gasteiger partial charge on any atom is 0.354 e. The molecule has 0 unspecified atom stereocenters. The van der Waals surface area contributed by atoms with Crippen LogP contribution in [0.25, 0.3) is 0 Å². The van der Waals surface area contributed by atoms with Gasteiger partial charge in [0.1, 0.15) is 11.4 Å². The number of ether oxygens (including phenoxy) is 3. The Labute approximate surface area is 160 Å². The molecule has 8 heteroatoms. The van der Waals surface area contributed by atoms with E-state index in [1.54, 1.807) is 42.5 Å². The van der Waals surface area contributed by atoms with Crippen LogP contribution in [0.15, 0.2) is 54.2 Å². The van der Waals surface area contributed by atoms with Crippen molar-refractivity contribution in [1.82, 2.24) is 0 Å². The molecule has 6 nitrogen and oxygen atoms in total. The van der Waals surface area contributed by atoms with E-state index >= 15 is 0 Å². The summed E-state index contributed by atoms with van der Waals surface area (Å²) in [6.45, 7) is 0. The lowest BCUT2D eigenvalue weighted by atomic mass is 10.2. The molecule has 0 spiro atoms. The number of hydrogen-bond donors (Lipinski definition) is 1. The van der Waals surface area contributed by atoms with Crippen molar-refractivity contribution in [1.29, 1.82) is 0 Å². The first-order valence-corrected chi connectivity index (χ1v) is 8.07. The van der Waals surface area contributed by atoms with Crippen LogP contribution in [-0.4, -0.2) is 26.2 Å². The standard InChI is InChI=1S/C18H15Cl2NO5/c1-24-17(22)10-14(18(23)25-2)21-13-5-3-4-6-16(13)26-15-8-7-11(19)9-12(15)20/h3-10,21H,1-2H3/b14-10+. The van der Waals surface area contributed by atoms with Gasteiger partial charge in [-0.05, 0) is 30.3 Å². The third kappa shape index (κ3) is 5.15. The zero-order chi connectivity index (χ0) is 19.1. The molecule has 1 N–H and O–H groups in total. The average Bonchev–Trinajstić information content (AvgIpc) is 2.64. The fourth-order valence-electron chi connectivity index (χ4n) is 1.91. The van der Waals surface area contributed by atoms with Gasteiger partial charge in [-0.25, -0.2) is 9.59 Å². The van der Waals surface area contributed by atoms with Crippen LogP contribution in [0.2, 0.25) is 10.0 Å². The molecule has 0 aliphatic heterocycles. The number of esters is 2. The Morgan fingerprint density at radius 2 is 1.73 bits per heavy atom. The second-order valence-corrected chi connectivity index (χ2v) is 5.71. The monoisotopic (exact) mass is 395 g/mol. The minimum absolute atomic E-state index is 0.113. The first kappa shape index (κ1) is 19.6. The predicted molar refractivity (Wildman–Crippen MR) is 98.7 cm³/mol. The molecule has 26 heavy (non-hydrogen) atoms. The predicted octanol–water partition coefficient (Wildman–Crippen LogP) is 4.43. The van der Waals surface area contributed by atoms with E-state index in [4.69, 9.17) is 27.9 Å². The van der Waals surface area contributed by atoms with Gasteiger partial charge in [-0.1, -0.05) is 35.3 Å². The Kier molecular flexibility index (Phi) is 6.89. The topological polar surface area (TPSA) is 73.9 Å². The second-order valence-electron chi connectivity index (χ2n) is 4.87. The van der Waals surface area contributed by atoms with Gasteiger partial charge in [0.05, 0.1) is 31.0 Å². The van der Waals surface area contributed by atoms with E-state index in [2.05, 4.69) is 14.8 Å². The highest BCUT2D eigenvalue weighted by molar-refractivity contribution is 6.35. The molecule has 0 heterocycles. The average molecular weight is 396 g/mol. The molecular weight excluding hydrogens is 381 g/mol. The number of carbonyl (C=O) groups is 2. The number of carbonyl (C=O) groups excluding carboxylic acids is 2. The molecule has 0 saturated carbocycles. The lowest BCUT2D eigenvalue weighted by molar-refractivity contribution is -0.138. The maximum atomic E-state index is 11.9. The molecule has 2 aromatic rings. The van der Waals surface area contributed by atoms with Crippen LogP contribution in [-0.2, 0) is 19.1 Å². The van der Waals surface area contributed by atoms with E-state index < -0.39 is 11.9 Å². The lowest BCUT2D eigenvalue weighted by Gasteiger charge is -2.14. The number of benzene rings is 2. The van der Waals surface area contributed by atoms with Gasteiger partial charge in [0.25, 0.3) is 0 Å². The van der Waals surface area contributed by atoms with Gasteiger partial charge in [0.15, 0.2) is 5.75 Å². The van der Waals surface area contributed by atoms with Crippen molar-refractivity contribution in [3.05, 3.63) is 64.3 Å². The molecule has 0 aliphatic carbocycles. The lowest BCUT2D eigenvalue weighted by Crippen LogP contribution is -2.15. The molecule has 0 aromatic heterocycles. The van der Waals surface area contributed by atoms with E-state index in [0.29, 0.717) is 27.2 Å². The number of anilines is 1. The number of para-hydroxylation sites is 2. The SMILES string of the molecule is COC(=O)/C=C(/Nc1ccccc1Oc1ccc(Cl)cc1Cl)C(=O)OC. The molecule has 2 aromatic carbocycles. The zero-order valence-electron chi connectivity index (χ0n) is 13.9. The summed E-state index contributed by atoms with van der Waals surface area (Å²) >= 11 is 12.0. The second kappa shape index (κ2) is 9.12. The Morgan fingerprint density at radius 1 is 1.00 bits per heavy atom. The Bertz CT molecular complexity index is 851. The van der Waals surface area contributed by atoms with Gasteiger partial charge in [-0.3, -0.25) is 0 Å². The fourth-order valence-corrected chi connectivity index (χ4v) is 2.36. The Morgan fingerprint density at radius 3 is 2.38 bits per heavy atom. The third-order valence-electron chi connectivity index (χ3n) is 3.14. The van der Waals surface area contributed by atoms with Crippen molar-refractivity contribution < 1.29 is 23.8 Å². The molecule has 0 aliphatic rings. The molecule has 0 fully saturated rings. The summed E-state index contributed by atoms with van der Waals surface area (Å²) in [5, 5.41) is 3.61. The largest absolute Gasteiger partial charge is 0.466 e.